The number of anilines is 2. The number of carbonyl (C=O) groups is 2. The molecule has 2 aliphatic heterocycles. The first-order valence-corrected chi connectivity index (χ1v) is 21.3. The van der Waals surface area contributed by atoms with Crippen molar-refractivity contribution in [1.29, 1.82) is 0 Å². The first-order valence-electron chi connectivity index (χ1n) is 17.5. The number of nitrogens with zero attached hydrogens (tertiary/aromatic N) is 4. The molecule has 0 bridgehead atoms. The molecule has 0 aliphatic carbocycles. The van der Waals surface area contributed by atoms with Crippen molar-refractivity contribution in [1.82, 2.24) is 15.0 Å². The minimum atomic E-state index is -2.87. The topological polar surface area (TPSA) is 130 Å². The smallest absolute Gasteiger partial charge is 0.264 e. The molecular weight excluding hydrogens is 738 g/mol. The van der Waals surface area contributed by atoms with Crippen LogP contribution in [-0.2, 0) is 28.2 Å². The Kier molecular flexibility index (Phi) is 10.0. The van der Waals surface area contributed by atoms with E-state index in [1.54, 1.807) is 21.7 Å². The number of aromatic nitrogens is 3. The van der Waals surface area contributed by atoms with Crippen LogP contribution in [0.1, 0.15) is 52.0 Å². The normalized spacial score (nSPS) is 21.8. The maximum absolute atomic E-state index is 14.8. The Morgan fingerprint density at radius 3 is 2.38 bits per heavy atom. The lowest BCUT2D eigenvalue weighted by Gasteiger charge is -2.32. The monoisotopic (exact) mass is 779 g/mol. The molecule has 0 radical (unpaired) electrons. The molecule has 4 aromatic carbocycles. The number of amides is 2. The van der Waals surface area contributed by atoms with Gasteiger partial charge in [0.1, 0.15) is 0 Å². The summed E-state index contributed by atoms with van der Waals surface area (Å²) >= 11 is 3.64. The predicted octanol–water partition coefficient (Wildman–Crippen LogP) is 6.85. The third-order valence-corrected chi connectivity index (χ3v) is 13.5. The van der Waals surface area contributed by atoms with Crippen molar-refractivity contribution in [3.63, 3.8) is 0 Å². The summed E-state index contributed by atoms with van der Waals surface area (Å²) in [6.45, 7) is 6.54. The van der Waals surface area contributed by atoms with Gasteiger partial charge in [0.2, 0.25) is 0 Å². The highest BCUT2D eigenvalue weighted by molar-refractivity contribution is 9.10. The number of fused-ring (bicyclic) bond motifs is 2. The van der Waals surface area contributed by atoms with Crippen LogP contribution in [0.5, 0.6) is 0 Å². The SMILES string of the molecule is C[C@@H]1[C@@H]([Si](C)(C)O)[C@H](CCn2cc(C(CO)c3ccccc3)nn2)O[C@@]12C(=O)N(Cc1ccc(NC(=O)c3ccccc3)cc1)c1ccc(Br)cc12. The zero-order valence-electron chi connectivity index (χ0n) is 29.3. The largest absolute Gasteiger partial charge is 0.432 e. The second-order valence-corrected chi connectivity index (χ2v) is 19.2. The lowest BCUT2D eigenvalue weighted by atomic mass is 9.82. The van der Waals surface area contributed by atoms with Gasteiger partial charge in [-0.3, -0.25) is 14.3 Å². The number of ether oxygens (including phenoxy) is 1. The first kappa shape index (κ1) is 35.9. The summed E-state index contributed by atoms with van der Waals surface area (Å²) in [5, 5.41) is 21.8. The van der Waals surface area contributed by atoms with E-state index in [1.807, 2.05) is 117 Å². The van der Waals surface area contributed by atoms with Gasteiger partial charge in [0.25, 0.3) is 11.8 Å². The van der Waals surface area contributed by atoms with E-state index in [2.05, 4.69) is 31.6 Å². The van der Waals surface area contributed by atoms with Crippen LogP contribution in [0.25, 0.3) is 0 Å². The van der Waals surface area contributed by atoms with Crippen molar-refractivity contribution in [3.05, 3.63) is 142 Å². The van der Waals surface area contributed by atoms with Crippen molar-refractivity contribution < 1.29 is 24.2 Å². The molecule has 5 atom stereocenters. The summed E-state index contributed by atoms with van der Waals surface area (Å²) in [5.41, 5.74) is 3.79. The van der Waals surface area contributed by atoms with Crippen molar-refractivity contribution in [2.24, 2.45) is 5.92 Å². The van der Waals surface area contributed by atoms with E-state index < -0.39 is 20.0 Å². The Morgan fingerprint density at radius 2 is 1.71 bits per heavy atom. The van der Waals surface area contributed by atoms with Crippen molar-refractivity contribution in [2.45, 2.75) is 62.7 Å². The van der Waals surface area contributed by atoms with E-state index in [0.717, 1.165) is 26.9 Å². The Hall–Kier alpha value is -4.46. The van der Waals surface area contributed by atoms with Gasteiger partial charge in [0.15, 0.2) is 13.9 Å². The van der Waals surface area contributed by atoms with Gasteiger partial charge < -0.3 is 24.9 Å². The quantitative estimate of drug-likeness (QED) is 0.125. The molecule has 2 amide bonds. The lowest BCUT2D eigenvalue weighted by Crippen LogP contribution is -2.46. The van der Waals surface area contributed by atoms with E-state index in [4.69, 9.17) is 4.74 Å². The second-order valence-electron chi connectivity index (χ2n) is 14.3. The number of halogens is 1. The highest BCUT2D eigenvalue weighted by Crippen LogP contribution is 2.60. The van der Waals surface area contributed by atoms with Crippen LogP contribution >= 0.6 is 15.9 Å². The average molecular weight is 781 g/mol. The third-order valence-electron chi connectivity index (χ3n) is 10.5. The van der Waals surface area contributed by atoms with Crippen molar-refractivity contribution in [2.75, 3.05) is 16.8 Å². The number of nitrogens with one attached hydrogen (secondary N) is 1. The predicted molar refractivity (Wildman–Crippen MR) is 205 cm³/mol. The summed E-state index contributed by atoms with van der Waals surface area (Å²) in [6, 6.07) is 32.1. The third kappa shape index (κ3) is 6.77. The number of hydrogen-bond acceptors (Lipinski definition) is 7. The molecule has 10 nitrogen and oxygen atoms in total. The molecule has 1 aromatic heterocycles. The first-order chi connectivity index (χ1) is 25.0. The van der Waals surface area contributed by atoms with Crippen LogP contribution in [0, 0.1) is 5.92 Å². The van der Waals surface area contributed by atoms with Crippen LogP contribution in [0.3, 0.4) is 0 Å². The minimum absolute atomic E-state index is 0.0938. The zero-order valence-corrected chi connectivity index (χ0v) is 31.9. The maximum Gasteiger partial charge on any atom is 0.264 e. The molecule has 7 rings (SSSR count). The number of rotatable bonds is 11. The fourth-order valence-corrected chi connectivity index (χ4v) is 11.0. The molecule has 3 N–H and O–H groups in total. The fraction of sp³-hybridized carbons (Fsp3) is 0.300. The van der Waals surface area contributed by atoms with Gasteiger partial charge in [0.05, 0.1) is 36.6 Å². The lowest BCUT2D eigenvalue weighted by molar-refractivity contribution is -0.146. The Bertz CT molecular complexity index is 2060. The number of hydrogen-bond donors (Lipinski definition) is 3. The molecule has 2 aliphatic rings. The molecule has 1 fully saturated rings. The standard InChI is InChI=1S/C40H42BrN5O5Si/c1-26-37(52(2,3)50)36(20-21-45-24-34(43-44-45)32(25-47)28-10-6-4-7-11-28)51-40(26)33-22-30(41)16-19-35(33)46(39(40)49)23-27-14-17-31(18-15-27)42-38(48)29-12-8-5-9-13-29/h4-19,22,24,26,32,36-37,47,50H,20-21,23,25H2,1-3H3,(H,42,48)/t26-,32?,36+,37-,40+/m1/s1. The molecule has 1 spiro atoms. The maximum atomic E-state index is 14.8. The van der Waals surface area contributed by atoms with Crippen LogP contribution < -0.4 is 10.2 Å². The molecule has 3 heterocycles. The summed E-state index contributed by atoms with van der Waals surface area (Å²) in [6.07, 6.45) is 1.95. The Balaban J connectivity index is 1.13. The van der Waals surface area contributed by atoms with Crippen LogP contribution in [0.4, 0.5) is 11.4 Å². The van der Waals surface area contributed by atoms with Gasteiger partial charge >= 0.3 is 0 Å². The average Bonchev–Trinajstić information content (AvgIpc) is 3.79. The van der Waals surface area contributed by atoms with Gasteiger partial charge in [-0.25, -0.2) is 0 Å². The molecule has 0 saturated carbocycles. The van der Waals surface area contributed by atoms with E-state index in [-0.39, 0.29) is 35.8 Å². The van der Waals surface area contributed by atoms with Gasteiger partial charge in [0, 0.05) is 45.5 Å². The van der Waals surface area contributed by atoms with Crippen molar-refractivity contribution in [3.8, 4) is 0 Å². The number of aryl methyl sites for hydroxylation is 1. The van der Waals surface area contributed by atoms with Crippen LogP contribution in [0.2, 0.25) is 18.6 Å². The molecule has 1 saturated heterocycles. The molecule has 52 heavy (non-hydrogen) atoms. The summed E-state index contributed by atoms with van der Waals surface area (Å²) < 4.78 is 9.60. The van der Waals surface area contributed by atoms with E-state index in [1.165, 1.54) is 0 Å². The fourth-order valence-electron chi connectivity index (χ4n) is 8.04. The Labute approximate surface area is 312 Å². The second kappa shape index (κ2) is 14.5. The zero-order chi connectivity index (χ0) is 36.6. The van der Waals surface area contributed by atoms with Gasteiger partial charge in [-0.1, -0.05) is 88.7 Å². The van der Waals surface area contributed by atoms with Crippen molar-refractivity contribution >= 4 is 47.4 Å². The number of aliphatic hydroxyl groups excluding tert-OH is 1. The van der Waals surface area contributed by atoms with E-state index in [9.17, 15) is 19.5 Å². The highest BCUT2D eigenvalue weighted by Gasteiger charge is 2.66. The number of aliphatic hydroxyl groups is 1. The summed E-state index contributed by atoms with van der Waals surface area (Å²) in [5.74, 6) is -0.952. The van der Waals surface area contributed by atoms with Crippen LogP contribution in [0.15, 0.2) is 114 Å². The van der Waals surface area contributed by atoms with E-state index in [0.29, 0.717) is 36.5 Å². The number of carbonyl (C=O) groups excluding carboxylic acids is 2. The minimum Gasteiger partial charge on any atom is -0.432 e. The van der Waals surface area contributed by atoms with E-state index >= 15 is 0 Å². The van der Waals surface area contributed by atoms with Crippen LogP contribution in [-0.4, -0.2) is 57.7 Å². The van der Waals surface area contributed by atoms with Gasteiger partial charge in [-0.15, -0.1) is 5.10 Å². The Morgan fingerprint density at radius 1 is 1.02 bits per heavy atom. The molecule has 268 valence electrons. The summed E-state index contributed by atoms with van der Waals surface area (Å²) in [7, 11) is -2.87. The van der Waals surface area contributed by atoms with Gasteiger partial charge in [-0.2, -0.15) is 0 Å². The molecule has 12 heteroatoms. The molecular formula is C40H42BrN5O5Si. The highest BCUT2D eigenvalue weighted by atomic mass is 79.9. The van der Waals surface area contributed by atoms with Gasteiger partial charge in [-0.05, 0) is 73.1 Å². The molecule has 1 unspecified atom stereocenters. The summed E-state index contributed by atoms with van der Waals surface area (Å²) in [4.78, 5) is 41.0. The molecule has 5 aromatic rings. The number of benzene rings is 4.